The van der Waals surface area contributed by atoms with Gasteiger partial charge >= 0.3 is 0 Å². The first kappa shape index (κ1) is 31.5. The Bertz CT molecular complexity index is 2640. The molecule has 9 rings (SSSR count). The summed E-state index contributed by atoms with van der Waals surface area (Å²) >= 11 is 0. The number of aromatic nitrogens is 3. The Morgan fingerprint density at radius 1 is 0.385 bits per heavy atom. The molecule has 0 amide bonds. The van der Waals surface area contributed by atoms with Crippen molar-refractivity contribution < 1.29 is 0 Å². The summed E-state index contributed by atoms with van der Waals surface area (Å²) in [6.45, 7) is 2.19. The van der Waals surface area contributed by atoms with E-state index in [-0.39, 0.29) is 0 Å². The van der Waals surface area contributed by atoms with Crippen LogP contribution in [0.15, 0.2) is 194 Å². The Morgan fingerprint density at radius 2 is 0.981 bits per heavy atom. The number of nitrogens with zero attached hydrogens (tertiary/aromatic N) is 3. The fourth-order valence-electron chi connectivity index (χ4n) is 7.83. The fraction of sp³-hybridized carbons (Fsp3) is 0.0208. The van der Waals surface area contributed by atoms with Gasteiger partial charge in [0.05, 0.1) is 22.4 Å². The molecule has 6 aromatic carbocycles. The van der Waals surface area contributed by atoms with E-state index < -0.39 is 8.07 Å². The van der Waals surface area contributed by atoms with E-state index >= 15 is 0 Å². The van der Waals surface area contributed by atoms with E-state index in [0.29, 0.717) is 0 Å². The summed E-state index contributed by atoms with van der Waals surface area (Å²) in [5, 5.41) is 7.50. The number of pyridine rings is 3. The van der Waals surface area contributed by atoms with Crippen molar-refractivity contribution in [3.05, 3.63) is 200 Å². The van der Waals surface area contributed by atoms with Crippen LogP contribution in [0.25, 0.3) is 55.4 Å². The Balaban J connectivity index is 1.38. The van der Waals surface area contributed by atoms with Crippen molar-refractivity contribution in [2.45, 2.75) is 6.92 Å². The quantitative estimate of drug-likeness (QED) is 0.0959. The average molecular weight is 682 g/mol. The molecule has 0 bridgehead atoms. The molecule has 0 aliphatic heterocycles. The first-order chi connectivity index (χ1) is 25.7. The van der Waals surface area contributed by atoms with Gasteiger partial charge in [-0.2, -0.15) is 0 Å². The third kappa shape index (κ3) is 5.41. The molecule has 0 fully saturated rings. The largest absolute Gasteiger partial charge is 0.255 e. The summed E-state index contributed by atoms with van der Waals surface area (Å²) in [6, 6.07) is 65.9. The number of hydrogen-bond donors (Lipinski definition) is 0. The van der Waals surface area contributed by atoms with Gasteiger partial charge in [-0.25, -0.2) is 4.98 Å². The highest BCUT2D eigenvalue weighted by Crippen LogP contribution is 2.39. The van der Waals surface area contributed by atoms with Crippen LogP contribution >= 0.6 is 0 Å². The van der Waals surface area contributed by atoms with Crippen molar-refractivity contribution in [2.75, 3.05) is 0 Å². The van der Waals surface area contributed by atoms with Crippen molar-refractivity contribution in [3.8, 4) is 33.6 Å². The minimum atomic E-state index is -2.79. The number of benzene rings is 6. The van der Waals surface area contributed by atoms with Crippen LogP contribution in [0.4, 0.5) is 0 Å². The van der Waals surface area contributed by atoms with E-state index in [2.05, 4.69) is 165 Å². The van der Waals surface area contributed by atoms with Gasteiger partial charge in [0.1, 0.15) is 0 Å². The zero-order valence-electron chi connectivity index (χ0n) is 28.8. The summed E-state index contributed by atoms with van der Waals surface area (Å²) < 4.78 is 0. The van der Waals surface area contributed by atoms with E-state index in [1.807, 2.05) is 36.7 Å². The maximum absolute atomic E-state index is 5.30. The van der Waals surface area contributed by atoms with Gasteiger partial charge in [0, 0.05) is 23.2 Å². The molecule has 0 atom stereocenters. The second-order valence-electron chi connectivity index (χ2n) is 13.3. The van der Waals surface area contributed by atoms with E-state index in [0.717, 1.165) is 55.4 Å². The van der Waals surface area contributed by atoms with Gasteiger partial charge < -0.3 is 0 Å². The van der Waals surface area contributed by atoms with Gasteiger partial charge in [-0.3, -0.25) is 9.97 Å². The van der Waals surface area contributed by atoms with Crippen LogP contribution in [0.2, 0.25) is 0 Å². The summed E-state index contributed by atoms with van der Waals surface area (Å²) in [4.78, 5) is 15.0. The smallest absolute Gasteiger partial charge is 0.179 e. The first-order valence-electron chi connectivity index (χ1n) is 17.7. The Labute approximate surface area is 305 Å². The van der Waals surface area contributed by atoms with Crippen LogP contribution < -0.4 is 20.7 Å². The third-order valence-electron chi connectivity index (χ3n) is 10.2. The summed E-state index contributed by atoms with van der Waals surface area (Å²) in [5.41, 5.74) is 9.17. The highest BCUT2D eigenvalue weighted by atomic mass is 28.3. The van der Waals surface area contributed by atoms with Gasteiger partial charge in [-0.05, 0) is 80.3 Å². The van der Waals surface area contributed by atoms with Crippen LogP contribution in [-0.4, -0.2) is 23.0 Å². The standard InChI is InChI=1S/C48H35N3Si/c1-34-16-13-24-39(30-34)52(37-20-7-3-8-21-37,38-22-9-4-10-23-38)40-25-14-19-36(31-40)43-33-46(45-27-11-12-28-49-45)51-48-44(43)32-42(35-17-5-2-6-18-35)41-26-15-29-50-47(41)48/h2-33H,1H3. The zero-order chi connectivity index (χ0) is 34.9. The van der Waals surface area contributed by atoms with Crippen molar-refractivity contribution >= 4 is 50.6 Å². The molecule has 4 heteroatoms. The molecule has 0 N–H and O–H groups in total. The first-order valence-corrected chi connectivity index (χ1v) is 19.7. The van der Waals surface area contributed by atoms with Crippen LogP contribution in [0, 0.1) is 6.92 Å². The molecule has 0 aliphatic rings. The maximum Gasteiger partial charge on any atom is 0.179 e. The molecule has 3 nitrogen and oxygen atoms in total. The lowest BCUT2D eigenvalue weighted by atomic mass is 9.93. The Morgan fingerprint density at radius 3 is 1.67 bits per heavy atom. The highest BCUT2D eigenvalue weighted by Gasteiger charge is 2.41. The van der Waals surface area contributed by atoms with Gasteiger partial charge in [0.2, 0.25) is 0 Å². The summed E-state index contributed by atoms with van der Waals surface area (Å²) in [5.74, 6) is 0. The molecular weight excluding hydrogens is 647 g/mol. The molecule has 0 saturated heterocycles. The minimum absolute atomic E-state index is 0.821. The molecule has 0 radical (unpaired) electrons. The number of fused-ring (bicyclic) bond motifs is 3. The molecule has 246 valence electrons. The molecule has 3 heterocycles. The molecular formula is C48H35N3Si. The SMILES string of the molecule is Cc1cccc([Si](c2ccccc2)(c2ccccc2)c2cccc(-c3cc(-c4ccccn4)nc4c3cc(-c3ccccc3)c3cccnc34)c2)c1. The van der Waals surface area contributed by atoms with Gasteiger partial charge in [-0.1, -0.05) is 157 Å². The van der Waals surface area contributed by atoms with Crippen molar-refractivity contribution in [2.24, 2.45) is 0 Å². The monoisotopic (exact) mass is 681 g/mol. The van der Waals surface area contributed by atoms with Crippen molar-refractivity contribution in [3.63, 3.8) is 0 Å². The lowest BCUT2D eigenvalue weighted by molar-refractivity contribution is 1.27. The van der Waals surface area contributed by atoms with E-state index in [1.165, 1.54) is 26.3 Å². The number of hydrogen-bond acceptors (Lipinski definition) is 3. The number of aryl methyl sites for hydroxylation is 1. The second-order valence-corrected chi connectivity index (χ2v) is 17.1. The number of rotatable bonds is 7. The van der Waals surface area contributed by atoms with Crippen molar-refractivity contribution in [1.29, 1.82) is 0 Å². The Kier molecular flexibility index (Phi) is 8.07. The predicted molar refractivity (Wildman–Crippen MR) is 219 cm³/mol. The van der Waals surface area contributed by atoms with Crippen LogP contribution in [0.1, 0.15) is 5.56 Å². The Hall–Kier alpha value is -6.49. The van der Waals surface area contributed by atoms with Gasteiger partial charge in [-0.15, -0.1) is 0 Å². The van der Waals surface area contributed by atoms with Crippen molar-refractivity contribution in [1.82, 2.24) is 15.0 Å². The van der Waals surface area contributed by atoms with Crippen LogP contribution in [-0.2, 0) is 0 Å². The lowest BCUT2D eigenvalue weighted by Gasteiger charge is -2.35. The molecule has 9 aromatic rings. The van der Waals surface area contributed by atoms with Crippen LogP contribution in [0.3, 0.4) is 0 Å². The topological polar surface area (TPSA) is 38.7 Å². The van der Waals surface area contributed by atoms with Gasteiger partial charge in [0.15, 0.2) is 8.07 Å². The fourth-order valence-corrected chi connectivity index (χ4v) is 12.7. The lowest BCUT2D eigenvalue weighted by Crippen LogP contribution is -2.74. The average Bonchev–Trinajstić information content (AvgIpc) is 3.22. The molecule has 0 aliphatic carbocycles. The summed E-state index contributed by atoms with van der Waals surface area (Å²) in [6.07, 6.45) is 3.70. The minimum Gasteiger partial charge on any atom is -0.255 e. The zero-order valence-corrected chi connectivity index (χ0v) is 29.8. The molecule has 0 spiro atoms. The normalized spacial score (nSPS) is 11.6. The summed E-state index contributed by atoms with van der Waals surface area (Å²) in [7, 11) is -2.79. The molecule has 0 unspecified atom stereocenters. The van der Waals surface area contributed by atoms with Gasteiger partial charge in [0.25, 0.3) is 0 Å². The van der Waals surface area contributed by atoms with Crippen LogP contribution in [0.5, 0.6) is 0 Å². The molecule has 3 aromatic heterocycles. The maximum atomic E-state index is 5.30. The highest BCUT2D eigenvalue weighted by molar-refractivity contribution is 7.19. The molecule has 0 saturated carbocycles. The second kappa shape index (κ2) is 13.3. The third-order valence-corrected chi connectivity index (χ3v) is 14.9. The van der Waals surface area contributed by atoms with E-state index in [1.54, 1.807) is 0 Å². The van der Waals surface area contributed by atoms with E-state index in [4.69, 9.17) is 15.0 Å². The molecule has 52 heavy (non-hydrogen) atoms. The van der Waals surface area contributed by atoms with E-state index in [9.17, 15) is 0 Å². The predicted octanol–water partition coefficient (Wildman–Crippen LogP) is 8.86.